The Labute approximate surface area is 150 Å². The topological polar surface area (TPSA) is 52.6 Å². The number of hydrogen-bond donors (Lipinski definition) is 0. The molecular weight excluding hydrogens is 316 g/mol. The zero-order valence-corrected chi connectivity index (χ0v) is 15.8. The summed E-state index contributed by atoms with van der Waals surface area (Å²) in [5.41, 5.74) is -0.198. The summed E-state index contributed by atoms with van der Waals surface area (Å²) in [4.78, 5) is 25.4. The first-order chi connectivity index (χ1) is 11.8. The van der Waals surface area contributed by atoms with Gasteiger partial charge in [-0.1, -0.05) is 45.9 Å². The van der Waals surface area contributed by atoms with Crippen molar-refractivity contribution in [3.8, 4) is 0 Å². The predicted octanol–water partition coefficient (Wildman–Crippen LogP) is 4.63. The lowest BCUT2D eigenvalue weighted by Gasteiger charge is -2.34. The van der Waals surface area contributed by atoms with Crippen LogP contribution in [-0.2, 0) is 14.3 Å². The molecule has 0 heterocycles. The second kappa shape index (κ2) is 8.50. The molecule has 0 saturated heterocycles. The highest BCUT2D eigenvalue weighted by Crippen LogP contribution is 2.46. The maximum atomic E-state index is 12.9. The average molecular weight is 346 g/mol. The molecule has 1 aromatic carbocycles. The lowest BCUT2D eigenvalue weighted by Crippen LogP contribution is -2.43. The second-order valence-corrected chi connectivity index (χ2v) is 7.90. The van der Waals surface area contributed by atoms with Crippen molar-refractivity contribution in [3.05, 3.63) is 35.9 Å². The van der Waals surface area contributed by atoms with Crippen LogP contribution in [0.4, 0.5) is 0 Å². The van der Waals surface area contributed by atoms with Gasteiger partial charge in [0.15, 0.2) is 0 Å². The first kappa shape index (κ1) is 19.5. The standard InChI is InChI=1S/C21H30O4/c1-15(2)13-21(20(23)24-14-16(3)4)12-8-11-18(21)25-19(22)17-9-6-5-7-10-17/h5-7,9-10,15-16,18H,8,11-14H2,1-4H3. The second-order valence-electron chi connectivity index (χ2n) is 7.90. The lowest BCUT2D eigenvalue weighted by molar-refractivity contribution is -0.164. The quantitative estimate of drug-likeness (QED) is 0.676. The van der Waals surface area contributed by atoms with E-state index in [0.717, 1.165) is 12.8 Å². The van der Waals surface area contributed by atoms with Gasteiger partial charge in [0.25, 0.3) is 0 Å². The molecule has 1 saturated carbocycles. The van der Waals surface area contributed by atoms with Crippen molar-refractivity contribution in [3.63, 3.8) is 0 Å². The Morgan fingerprint density at radius 2 is 1.80 bits per heavy atom. The molecule has 0 aromatic heterocycles. The van der Waals surface area contributed by atoms with Crippen LogP contribution >= 0.6 is 0 Å². The van der Waals surface area contributed by atoms with Crippen LogP contribution in [0.2, 0.25) is 0 Å². The van der Waals surface area contributed by atoms with E-state index in [1.807, 2.05) is 32.0 Å². The zero-order valence-electron chi connectivity index (χ0n) is 15.8. The van der Waals surface area contributed by atoms with Crippen LogP contribution in [0.5, 0.6) is 0 Å². The van der Waals surface area contributed by atoms with Crippen LogP contribution in [0.25, 0.3) is 0 Å². The molecule has 0 amide bonds. The van der Waals surface area contributed by atoms with Gasteiger partial charge in [-0.15, -0.1) is 0 Å². The summed E-state index contributed by atoms with van der Waals surface area (Å²) in [7, 11) is 0. The Morgan fingerprint density at radius 3 is 2.40 bits per heavy atom. The number of ether oxygens (including phenoxy) is 2. The smallest absolute Gasteiger partial charge is 0.338 e. The maximum Gasteiger partial charge on any atom is 0.338 e. The van der Waals surface area contributed by atoms with E-state index in [0.29, 0.717) is 30.9 Å². The van der Waals surface area contributed by atoms with Crippen LogP contribution < -0.4 is 0 Å². The third-order valence-electron chi connectivity index (χ3n) is 4.69. The van der Waals surface area contributed by atoms with E-state index in [-0.39, 0.29) is 17.9 Å². The minimum atomic E-state index is -0.715. The monoisotopic (exact) mass is 346 g/mol. The molecular formula is C21H30O4. The summed E-state index contributed by atoms with van der Waals surface area (Å²) < 4.78 is 11.4. The molecule has 0 bridgehead atoms. The van der Waals surface area contributed by atoms with Crippen LogP contribution in [0.1, 0.15) is 63.7 Å². The normalized spacial score (nSPS) is 23.0. The first-order valence-electron chi connectivity index (χ1n) is 9.28. The van der Waals surface area contributed by atoms with Gasteiger partial charge in [0.2, 0.25) is 0 Å². The van der Waals surface area contributed by atoms with Gasteiger partial charge in [0.05, 0.1) is 12.2 Å². The molecule has 25 heavy (non-hydrogen) atoms. The molecule has 2 atom stereocenters. The van der Waals surface area contributed by atoms with Crippen molar-refractivity contribution in [2.75, 3.05) is 6.61 Å². The summed E-state index contributed by atoms with van der Waals surface area (Å²) >= 11 is 0. The zero-order chi connectivity index (χ0) is 18.4. The van der Waals surface area contributed by atoms with Gasteiger partial charge in [-0.3, -0.25) is 4.79 Å². The lowest BCUT2D eigenvalue weighted by atomic mass is 9.76. The molecule has 1 fully saturated rings. The minimum absolute atomic E-state index is 0.210. The molecule has 0 aliphatic heterocycles. The van der Waals surface area contributed by atoms with Crippen LogP contribution in [0, 0.1) is 17.3 Å². The fourth-order valence-electron chi connectivity index (χ4n) is 3.65. The molecule has 1 aliphatic carbocycles. The highest BCUT2D eigenvalue weighted by atomic mass is 16.6. The van der Waals surface area contributed by atoms with Gasteiger partial charge < -0.3 is 9.47 Å². The van der Waals surface area contributed by atoms with E-state index in [4.69, 9.17) is 9.47 Å². The average Bonchev–Trinajstić information content (AvgIpc) is 2.96. The van der Waals surface area contributed by atoms with Gasteiger partial charge in [-0.05, 0) is 49.7 Å². The van der Waals surface area contributed by atoms with Gasteiger partial charge in [-0.2, -0.15) is 0 Å². The summed E-state index contributed by atoms with van der Waals surface area (Å²) in [6.07, 6.45) is 2.56. The molecule has 2 rings (SSSR count). The molecule has 4 heteroatoms. The fraction of sp³-hybridized carbons (Fsp3) is 0.619. The van der Waals surface area contributed by atoms with Crippen LogP contribution in [0.15, 0.2) is 30.3 Å². The Kier molecular flexibility index (Phi) is 6.63. The van der Waals surface area contributed by atoms with E-state index in [2.05, 4.69) is 13.8 Å². The van der Waals surface area contributed by atoms with Crippen molar-refractivity contribution in [1.29, 1.82) is 0 Å². The van der Waals surface area contributed by atoms with Gasteiger partial charge in [-0.25, -0.2) is 4.79 Å². The fourth-order valence-corrected chi connectivity index (χ4v) is 3.65. The van der Waals surface area contributed by atoms with Crippen molar-refractivity contribution >= 4 is 11.9 Å². The molecule has 138 valence electrons. The van der Waals surface area contributed by atoms with E-state index >= 15 is 0 Å². The van der Waals surface area contributed by atoms with E-state index in [9.17, 15) is 9.59 Å². The summed E-state index contributed by atoms with van der Waals surface area (Å²) in [6, 6.07) is 8.95. The third-order valence-corrected chi connectivity index (χ3v) is 4.69. The van der Waals surface area contributed by atoms with Crippen molar-refractivity contribution in [2.24, 2.45) is 17.3 Å². The first-order valence-corrected chi connectivity index (χ1v) is 9.28. The summed E-state index contributed by atoms with van der Waals surface area (Å²) in [5.74, 6) is 0.0324. The molecule has 2 unspecified atom stereocenters. The number of carbonyl (C=O) groups excluding carboxylic acids is 2. The summed E-state index contributed by atoms with van der Waals surface area (Å²) in [5, 5.41) is 0. The highest BCUT2D eigenvalue weighted by molar-refractivity contribution is 5.90. The van der Waals surface area contributed by atoms with Crippen LogP contribution in [0.3, 0.4) is 0 Å². The van der Waals surface area contributed by atoms with Gasteiger partial charge in [0.1, 0.15) is 11.5 Å². The summed E-state index contributed by atoms with van der Waals surface area (Å²) in [6.45, 7) is 8.61. The molecule has 0 N–H and O–H groups in total. The molecule has 1 aliphatic rings. The van der Waals surface area contributed by atoms with Crippen LogP contribution in [-0.4, -0.2) is 24.6 Å². The third kappa shape index (κ3) is 4.83. The van der Waals surface area contributed by atoms with E-state index < -0.39 is 11.5 Å². The Bertz CT molecular complexity index is 579. The minimum Gasteiger partial charge on any atom is -0.465 e. The number of esters is 2. The number of rotatable bonds is 7. The molecule has 4 nitrogen and oxygen atoms in total. The number of benzene rings is 1. The van der Waals surface area contributed by atoms with Gasteiger partial charge in [0, 0.05) is 0 Å². The maximum absolute atomic E-state index is 12.9. The van der Waals surface area contributed by atoms with Gasteiger partial charge >= 0.3 is 11.9 Å². The molecule has 1 aromatic rings. The number of carbonyl (C=O) groups is 2. The van der Waals surface area contributed by atoms with Crippen molar-refractivity contribution in [1.82, 2.24) is 0 Å². The van der Waals surface area contributed by atoms with Crippen molar-refractivity contribution in [2.45, 2.75) is 59.5 Å². The molecule has 0 radical (unpaired) electrons. The predicted molar refractivity (Wildman–Crippen MR) is 97.2 cm³/mol. The highest BCUT2D eigenvalue weighted by Gasteiger charge is 2.52. The van der Waals surface area contributed by atoms with E-state index in [1.165, 1.54) is 0 Å². The largest absolute Gasteiger partial charge is 0.465 e. The Balaban J connectivity index is 2.18. The SMILES string of the molecule is CC(C)COC(=O)C1(CC(C)C)CCCC1OC(=O)c1ccccc1. The van der Waals surface area contributed by atoms with Crippen molar-refractivity contribution < 1.29 is 19.1 Å². The number of hydrogen-bond acceptors (Lipinski definition) is 4. The Hall–Kier alpha value is -1.84. The van der Waals surface area contributed by atoms with E-state index in [1.54, 1.807) is 12.1 Å². The molecule has 0 spiro atoms. The Morgan fingerprint density at radius 1 is 1.12 bits per heavy atom.